The molecule has 1 amide bonds. The molecule has 1 N–H and O–H groups in total. The molecule has 1 fully saturated rings. The highest BCUT2D eigenvalue weighted by molar-refractivity contribution is 8.18. The molecule has 0 saturated carbocycles. The molecule has 0 spiro atoms. The number of aliphatic imine (C=N–C) groups is 1. The van der Waals surface area contributed by atoms with Crippen LogP contribution in [0.1, 0.15) is 16.9 Å². The van der Waals surface area contributed by atoms with Gasteiger partial charge in [0.25, 0.3) is 5.91 Å². The number of carbonyl (C=O) groups excluding carboxylic acids is 1. The molecule has 0 unspecified atom stereocenters. The Balaban J connectivity index is 1.56. The average molecular weight is 443 g/mol. The lowest BCUT2D eigenvalue weighted by molar-refractivity contribution is -0.115. The van der Waals surface area contributed by atoms with Gasteiger partial charge in [0.15, 0.2) is 5.17 Å². The Kier molecular flexibility index (Phi) is 5.54. The molecule has 29 heavy (non-hydrogen) atoms. The van der Waals surface area contributed by atoms with E-state index in [0.29, 0.717) is 31.6 Å². The van der Waals surface area contributed by atoms with Crippen molar-refractivity contribution in [2.45, 2.75) is 13.8 Å². The minimum atomic E-state index is -0.203. The number of thioether (sulfide) groups is 1. The van der Waals surface area contributed by atoms with Gasteiger partial charge in [0, 0.05) is 11.6 Å². The van der Waals surface area contributed by atoms with Crippen molar-refractivity contribution < 1.29 is 9.21 Å². The van der Waals surface area contributed by atoms with E-state index in [1.54, 1.807) is 24.3 Å². The summed E-state index contributed by atoms with van der Waals surface area (Å²) in [7, 11) is 0. The third-order valence-electron chi connectivity index (χ3n) is 4.19. The lowest BCUT2D eigenvalue weighted by Gasteiger charge is -2.00. The van der Waals surface area contributed by atoms with Crippen LogP contribution in [-0.4, -0.2) is 11.1 Å². The molecular formula is C22H16Cl2N2O2S. The van der Waals surface area contributed by atoms with E-state index < -0.39 is 0 Å². The maximum absolute atomic E-state index is 12.3. The predicted octanol–water partition coefficient (Wildman–Crippen LogP) is 6.76. The number of furan rings is 1. The van der Waals surface area contributed by atoms with Crippen molar-refractivity contribution in [1.29, 1.82) is 0 Å². The summed E-state index contributed by atoms with van der Waals surface area (Å²) in [5, 5.41) is 4.28. The lowest BCUT2D eigenvalue weighted by atomic mass is 10.1. The molecule has 2 aromatic carbocycles. The van der Waals surface area contributed by atoms with Crippen LogP contribution in [0, 0.1) is 13.8 Å². The molecular weight excluding hydrogens is 427 g/mol. The molecule has 7 heteroatoms. The fraction of sp³-hybridized carbons (Fsp3) is 0.0909. The van der Waals surface area contributed by atoms with E-state index in [1.807, 2.05) is 38.1 Å². The van der Waals surface area contributed by atoms with Gasteiger partial charge in [-0.2, -0.15) is 0 Å². The van der Waals surface area contributed by atoms with Gasteiger partial charge in [-0.25, -0.2) is 4.99 Å². The van der Waals surface area contributed by atoms with Gasteiger partial charge >= 0.3 is 0 Å². The number of amidine groups is 1. The van der Waals surface area contributed by atoms with E-state index in [-0.39, 0.29) is 5.91 Å². The van der Waals surface area contributed by atoms with Crippen molar-refractivity contribution in [1.82, 2.24) is 5.32 Å². The number of aryl methyl sites for hydroxylation is 2. The number of rotatable bonds is 3. The maximum Gasteiger partial charge on any atom is 0.264 e. The second-order valence-electron chi connectivity index (χ2n) is 6.66. The molecule has 1 aliphatic heterocycles. The van der Waals surface area contributed by atoms with Crippen LogP contribution in [0.2, 0.25) is 10.0 Å². The highest BCUT2D eigenvalue weighted by atomic mass is 35.5. The van der Waals surface area contributed by atoms with Crippen LogP contribution in [0.15, 0.2) is 62.8 Å². The first-order valence-corrected chi connectivity index (χ1v) is 10.4. The molecule has 1 saturated heterocycles. The third-order valence-corrected chi connectivity index (χ3v) is 5.84. The first-order chi connectivity index (χ1) is 13.9. The van der Waals surface area contributed by atoms with Crippen LogP contribution in [0.4, 0.5) is 5.69 Å². The topological polar surface area (TPSA) is 54.6 Å². The van der Waals surface area contributed by atoms with Crippen molar-refractivity contribution in [3.63, 3.8) is 0 Å². The molecule has 0 bridgehead atoms. The van der Waals surface area contributed by atoms with E-state index in [1.165, 1.54) is 11.8 Å². The molecule has 1 aromatic heterocycles. The predicted molar refractivity (Wildman–Crippen MR) is 121 cm³/mol. The SMILES string of the molecule is Cc1cc(C)cc(N=C2NC(=O)C(=Cc3ccc(-c4ccc(Cl)c(Cl)c4)o3)S2)c1. The monoisotopic (exact) mass is 442 g/mol. The van der Waals surface area contributed by atoms with Gasteiger partial charge in [-0.15, -0.1) is 0 Å². The van der Waals surface area contributed by atoms with E-state index in [9.17, 15) is 4.79 Å². The quantitative estimate of drug-likeness (QED) is 0.455. The van der Waals surface area contributed by atoms with Crippen molar-refractivity contribution in [3.8, 4) is 11.3 Å². The van der Waals surface area contributed by atoms with Gasteiger partial charge in [-0.3, -0.25) is 4.79 Å². The van der Waals surface area contributed by atoms with Gasteiger partial charge in [-0.1, -0.05) is 29.3 Å². The third kappa shape index (κ3) is 4.58. The molecule has 4 nitrogen and oxygen atoms in total. The number of benzene rings is 2. The molecule has 3 aromatic rings. The minimum absolute atomic E-state index is 0.203. The van der Waals surface area contributed by atoms with E-state index in [2.05, 4.69) is 16.4 Å². The Morgan fingerprint density at radius 3 is 2.48 bits per heavy atom. The van der Waals surface area contributed by atoms with Crippen LogP contribution in [0.25, 0.3) is 17.4 Å². The van der Waals surface area contributed by atoms with Crippen LogP contribution in [-0.2, 0) is 4.79 Å². The van der Waals surface area contributed by atoms with Gasteiger partial charge in [0.1, 0.15) is 11.5 Å². The molecule has 146 valence electrons. The summed E-state index contributed by atoms with van der Waals surface area (Å²) < 4.78 is 5.85. The number of amides is 1. The Morgan fingerprint density at radius 2 is 1.76 bits per heavy atom. The molecule has 1 aliphatic rings. The Bertz CT molecular complexity index is 1160. The van der Waals surface area contributed by atoms with E-state index in [4.69, 9.17) is 27.6 Å². The Labute approximate surface area is 182 Å². The first kappa shape index (κ1) is 19.8. The summed E-state index contributed by atoms with van der Waals surface area (Å²) in [5.74, 6) is 1.00. The maximum atomic E-state index is 12.3. The van der Waals surface area contributed by atoms with Crippen molar-refractivity contribution in [3.05, 3.63) is 80.4 Å². The van der Waals surface area contributed by atoms with Crippen LogP contribution >= 0.6 is 35.0 Å². The zero-order chi connectivity index (χ0) is 20.5. The van der Waals surface area contributed by atoms with E-state index in [0.717, 1.165) is 22.4 Å². The fourth-order valence-electron chi connectivity index (χ4n) is 2.98. The number of hydrogen-bond donors (Lipinski definition) is 1. The number of hydrogen-bond acceptors (Lipinski definition) is 4. The van der Waals surface area contributed by atoms with Crippen LogP contribution in [0.5, 0.6) is 0 Å². The average Bonchev–Trinajstić information content (AvgIpc) is 3.24. The largest absolute Gasteiger partial charge is 0.457 e. The zero-order valence-corrected chi connectivity index (χ0v) is 18.0. The minimum Gasteiger partial charge on any atom is -0.457 e. The van der Waals surface area contributed by atoms with Gasteiger partial charge in [0.2, 0.25) is 0 Å². The normalized spacial score (nSPS) is 16.6. The Morgan fingerprint density at radius 1 is 1.00 bits per heavy atom. The molecule has 0 aliphatic carbocycles. The van der Waals surface area contributed by atoms with Crippen LogP contribution < -0.4 is 5.32 Å². The molecule has 0 atom stereocenters. The second-order valence-corrected chi connectivity index (χ2v) is 8.50. The van der Waals surface area contributed by atoms with Gasteiger partial charge < -0.3 is 9.73 Å². The fourth-order valence-corrected chi connectivity index (χ4v) is 4.10. The summed E-state index contributed by atoms with van der Waals surface area (Å²) in [6.07, 6.45) is 1.70. The standard InChI is InChI=1S/C22H16Cl2N2O2S/c1-12-7-13(2)9-15(8-12)25-22-26-21(27)20(29-22)11-16-4-6-19(28-16)14-3-5-17(23)18(24)10-14/h3-11H,1-2H3,(H,25,26,27). The first-order valence-electron chi connectivity index (χ1n) is 8.80. The number of halogens is 2. The summed E-state index contributed by atoms with van der Waals surface area (Å²) in [6, 6.07) is 15.0. The summed E-state index contributed by atoms with van der Waals surface area (Å²) in [4.78, 5) is 17.4. The van der Waals surface area contributed by atoms with E-state index >= 15 is 0 Å². The smallest absolute Gasteiger partial charge is 0.264 e. The summed E-state index contributed by atoms with van der Waals surface area (Å²) in [5.41, 5.74) is 3.87. The number of nitrogens with zero attached hydrogens (tertiary/aromatic N) is 1. The summed E-state index contributed by atoms with van der Waals surface area (Å²) in [6.45, 7) is 4.04. The molecule has 0 radical (unpaired) electrons. The highest BCUT2D eigenvalue weighted by Crippen LogP contribution is 2.32. The van der Waals surface area contributed by atoms with Crippen molar-refractivity contribution in [2.24, 2.45) is 4.99 Å². The Hall–Kier alpha value is -2.47. The molecule has 2 heterocycles. The number of nitrogens with one attached hydrogen (secondary N) is 1. The van der Waals surface area contributed by atoms with Gasteiger partial charge in [0.05, 0.1) is 20.6 Å². The second kappa shape index (κ2) is 8.11. The van der Waals surface area contributed by atoms with Crippen molar-refractivity contribution in [2.75, 3.05) is 0 Å². The van der Waals surface area contributed by atoms with Gasteiger partial charge in [-0.05, 0) is 79.2 Å². The zero-order valence-electron chi connectivity index (χ0n) is 15.6. The summed E-state index contributed by atoms with van der Waals surface area (Å²) >= 11 is 13.3. The molecule has 4 rings (SSSR count). The highest BCUT2D eigenvalue weighted by Gasteiger charge is 2.24. The number of carbonyl (C=O) groups is 1. The van der Waals surface area contributed by atoms with Crippen molar-refractivity contribution >= 4 is 57.8 Å². The van der Waals surface area contributed by atoms with Crippen LogP contribution in [0.3, 0.4) is 0 Å². The lowest BCUT2D eigenvalue weighted by Crippen LogP contribution is -2.19.